The molecular weight excluding hydrogens is 351 g/mol. The van der Waals surface area contributed by atoms with Crippen LogP contribution in [0.15, 0.2) is 36.4 Å². The van der Waals surface area contributed by atoms with Crippen LogP contribution in [-0.2, 0) is 9.47 Å². The van der Waals surface area contributed by atoms with E-state index in [1.54, 1.807) is 18.2 Å². The van der Waals surface area contributed by atoms with Crippen LogP contribution in [-0.4, -0.2) is 29.9 Å². The van der Waals surface area contributed by atoms with Crippen molar-refractivity contribution in [2.75, 3.05) is 5.73 Å². The van der Waals surface area contributed by atoms with Crippen molar-refractivity contribution in [3.63, 3.8) is 0 Å². The molecule has 2 heterocycles. The molecule has 4 nitrogen and oxygen atoms in total. The van der Waals surface area contributed by atoms with Crippen molar-refractivity contribution in [1.29, 1.82) is 0 Å². The number of halogens is 2. The Hall–Kier alpha value is -2.12. The minimum absolute atomic E-state index is 0.0476. The van der Waals surface area contributed by atoms with E-state index in [1.165, 1.54) is 6.07 Å². The van der Waals surface area contributed by atoms with Gasteiger partial charge >= 0.3 is 0 Å². The van der Waals surface area contributed by atoms with E-state index in [0.29, 0.717) is 11.4 Å². The van der Waals surface area contributed by atoms with E-state index in [9.17, 15) is 8.78 Å². The molecule has 2 unspecified atom stereocenters. The second-order valence-corrected chi connectivity index (χ2v) is 8.19. The minimum Gasteiger partial charge on any atom is -0.455 e. The zero-order valence-electron chi connectivity index (χ0n) is 15.8. The molecule has 2 fully saturated rings. The van der Waals surface area contributed by atoms with E-state index in [0.717, 1.165) is 17.6 Å². The Morgan fingerprint density at radius 2 is 1.52 bits per heavy atom. The maximum atomic E-state index is 14.0. The summed E-state index contributed by atoms with van der Waals surface area (Å²) in [7, 11) is 0. The van der Waals surface area contributed by atoms with Crippen molar-refractivity contribution in [2.45, 2.75) is 50.9 Å². The van der Waals surface area contributed by atoms with Crippen molar-refractivity contribution in [3.8, 4) is 11.5 Å². The van der Waals surface area contributed by atoms with Gasteiger partial charge in [0.15, 0.2) is 11.6 Å². The molecule has 2 saturated heterocycles. The Balaban J connectivity index is 1.66. The number of rotatable bonds is 3. The molecule has 2 N–H and O–H groups in total. The maximum absolute atomic E-state index is 14.0. The molecule has 4 rings (SSSR count). The minimum atomic E-state index is -0.763. The smallest absolute Gasteiger partial charge is 0.252 e. The molecule has 27 heavy (non-hydrogen) atoms. The SMILES string of the molecule is CC1(C)OC2B(c3cc(N)ccc3Oc3ccc(F)cc3F)C2OC1(C)C. The summed E-state index contributed by atoms with van der Waals surface area (Å²) in [5, 5.41) is 0. The number of benzene rings is 2. The molecule has 2 atom stereocenters. The Kier molecular flexibility index (Phi) is 4.02. The first-order chi connectivity index (χ1) is 12.6. The van der Waals surface area contributed by atoms with Crippen LogP contribution in [0.4, 0.5) is 14.5 Å². The fraction of sp³-hybridized carbons (Fsp3) is 0.400. The van der Waals surface area contributed by atoms with Gasteiger partial charge in [-0.05, 0) is 63.5 Å². The van der Waals surface area contributed by atoms with Gasteiger partial charge in [-0.2, -0.15) is 0 Å². The lowest BCUT2D eigenvalue weighted by Gasteiger charge is -2.45. The highest BCUT2D eigenvalue weighted by atomic mass is 19.1. The van der Waals surface area contributed by atoms with Crippen LogP contribution < -0.4 is 15.9 Å². The quantitative estimate of drug-likeness (QED) is 0.661. The van der Waals surface area contributed by atoms with Gasteiger partial charge in [-0.15, -0.1) is 0 Å². The number of ether oxygens (including phenoxy) is 3. The van der Waals surface area contributed by atoms with Gasteiger partial charge in [-0.3, -0.25) is 0 Å². The van der Waals surface area contributed by atoms with Crippen LogP contribution in [0.5, 0.6) is 11.5 Å². The zero-order valence-corrected chi connectivity index (χ0v) is 15.8. The lowest BCUT2D eigenvalue weighted by Crippen LogP contribution is -2.53. The summed E-state index contributed by atoms with van der Waals surface area (Å²) in [6, 6.07) is 8.15. The Morgan fingerprint density at radius 1 is 0.926 bits per heavy atom. The van der Waals surface area contributed by atoms with Gasteiger partial charge in [0.2, 0.25) is 0 Å². The highest BCUT2D eigenvalue weighted by Gasteiger charge is 2.67. The van der Waals surface area contributed by atoms with Crippen LogP contribution in [0.3, 0.4) is 0 Å². The molecule has 2 aliphatic heterocycles. The van der Waals surface area contributed by atoms with Crippen molar-refractivity contribution in [2.24, 2.45) is 0 Å². The molecule has 2 aromatic carbocycles. The summed E-state index contributed by atoms with van der Waals surface area (Å²) in [6.07, 6.45) is 0. The first-order valence-electron chi connectivity index (χ1n) is 8.97. The topological polar surface area (TPSA) is 53.7 Å². The third-order valence-electron chi connectivity index (χ3n) is 5.71. The molecule has 0 spiro atoms. The molecule has 0 aromatic heterocycles. The number of nitrogen functional groups attached to an aromatic ring is 1. The fourth-order valence-electron chi connectivity index (χ4n) is 3.45. The zero-order chi connectivity index (χ0) is 19.6. The number of hydrogen-bond donors (Lipinski definition) is 1. The number of nitrogens with two attached hydrogens (primary N) is 1. The lowest BCUT2D eigenvalue weighted by atomic mass is 9.61. The van der Waals surface area contributed by atoms with Crippen LogP contribution in [0.1, 0.15) is 27.7 Å². The molecule has 0 aliphatic carbocycles. The second kappa shape index (κ2) is 5.94. The average Bonchev–Trinajstić information content (AvgIpc) is 3.21. The maximum Gasteiger partial charge on any atom is 0.252 e. The van der Waals surface area contributed by atoms with Crippen LogP contribution in [0, 0.1) is 11.6 Å². The molecule has 0 bridgehead atoms. The van der Waals surface area contributed by atoms with E-state index >= 15 is 0 Å². The Labute approximate surface area is 157 Å². The summed E-state index contributed by atoms with van der Waals surface area (Å²) in [4.78, 5) is 0. The summed E-state index contributed by atoms with van der Waals surface area (Å²) in [6.45, 7) is 7.95. The number of hydrogen-bond acceptors (Lipinski definition) is 4. The third kappa shape index (κ3) is 3.09. The molecule has 0 radical (unpaired) electrons. The molecule has 7 heteroatoms. The van der Waals surface area contributed by atoms with Crippen LogP contribution >= 0.6 is 0 Å². The summed E-state index contributed by atoms with van der Waals surface area (Å²) < 4.78 is 45.5. The van der Waals surface area contributed by atoms with E-state index in [2.05, 4.69) is 0 Å². The molecule has 2 aliphatic rings. The summed E-state index contributed by atoms with van der Waals surface area (Å²) in [5.74, 6) is -1.01. The van der Waals surface area contributed by atoms with Gasteiger partial charge in [0.1, 0.15) is 11.6 Å². The molecular formula is C20H22BF2NO3. The monoisotopic (exact) mass is 373 g/mol. The second-order valence-electron chi connectivity index (χ2n) is 8.19. The van der Waals surface area contributed by atoms with Crippen LogP contribution in [0.25, 0.3) is 0 Å². The number of anilines is 1. The fourth-order valence-corrected chi connectivity index (χ4v) is 3.45. The van der Waals surface area contributed by atoms with E-state index in [4.69, 9.17) is 19.9 Å². The summed E-state index contributed by atoms with van der Waals surface area (Å²) >= 11 is 0. The predicted molar refractivity (Wildman–Crippen MR) is 101 cm³/mol. The van der Waals surface area contributed by atoms with Gasteiger partial charge in [-0.1, -0.05) is 0 Å². The van der Waals surface area contributed by atoms with Gasteiger partial charge in [0.25, 0.3) is 6.71 Å². The van der Waals surface area contributed by atoms with E-state index in [1.807, 2.05) is 27.7 Å². The normalized spacial score (nSPS) is 25.0. The first kappa shape index (κ1) is 18.3. The third-order valence-corrected chi connectivity index (χ3v) is 5.71. The molecule has 0 amide bonds. The van der Waals surface area contributed by atoms with Crippen molar-refractivity contribution < 1.29 is 23.0 Å². The standard InChI is InChI=1S/C20H22BF2NO3/c1-19(2)20(3,4)27-18-17(26-19)21(18)13-10-12(24)6-8-15(13)25-16-7-5-11(22)9-14(16)23/h5-10,17-18H,24H2,1-4H3. The average molecular weight is 373 g/mol. The van der Waals surface area contributed by atoms with Crippen LogP contribution in [0.2, 0.25) is 0 Å². The molecule has 0 saturated carbocycles. The Morgan fingerprint density at radius 3 is 2.11 bits per heavy atom. The highest BCUT2D eigenvalue weighted by Crippen LogP contribution is 2.46. The summed E-state index contributed by atoms with van der Waals surface area (Å²) in [5.41, 5.74) is 6.43. The molecule has 142 valence electrons. The Bertz CT molecular complexity index is 881. The van der Waals surface area contributed by atoms with Gasteiger partial charge in [-0.25, -0.2) is 8.78 Å². The largest absolute Gasteiger partial charge is 0.455 e. The lowest BCUT2D eigenvalue weighted by molar-refractivity contribution is -0.233. The van der Waals surface area contributed by atoms with Gasteiger partial charge in [0, 0.05) is 11.8 Å². The van der Waals surface area contributed by atoms with E-state index < -0.39 is 22.8 Å². The van der Waals surface area contributed by atoms with E-state index in [-0.39, 0.29) is 24.5 Å². The number of fused-ring (bicyclic) bond motifs is 1. The van der Waals surface area contributed by atoms with Crippen molar-refractivity contribution >= 4 is 17.9 Å². The highest BCUT2D eigenvalue weighted by molar-refractivity contribution is 6.86. The van der Waals surface area contributed by atoms with Crippen molar-refractivity contribution in [1.82, 2.24) is 0 Å². The first-order valence-corrected chi connectivity index (χ1v) is 8.97. The van der Waals surface area contributed by atoms with Gasteiger partial charge in [0.05, 0.1) is 23.2 Å². The van der Waals surface area contributed by atoms with Gasteiger partial charge < -0.3 is 19.9 Å². The molecule has 2 aromatic rings. The predicted octanol–water partition coefficient (Wildman–Crippen LogP) is 3.47. The van der Waals surface area contributed by atoms with Crippen molar-refractivity contribution in [3.05, 3.63) is 48.0 Å².